The Bertz CT molecular complexity index is 1310. The molecule has 4 aromatic rings. The summed E-state index contributed by atoms with van der Waals surface area (Å²) in [5, 5.41) is 6.78. The van der Waals surface area contributed by atoms with Crippen LogP contribution in [0, 0.1) is 0 Å². The van der Waals surface area contributed by atoms with Crippen molar-refractivity contribution in [3.63, 3.8) is 0 Å². The van der Waals surface area contributed by atoms with Crippen LogP contribution in [0.4, 0.5) is 14.7 Å². The normalized spacial score (nSPS) is 15.5. The Hall–Kier alpha value is -4.15. The van der Waals surface area contributed by atoms with Gasteiger partial charge < -0.3 is 9.42 Å². The maximum Gasteiger partial charge on any atom is 0.276 e. The molecule has 0 aromatic carbocycles. The number of hydrogen-bond donors (Lipinski definition) is 1. The summed E-state index contributed by atoms with van der Waals surface area (Å²) in [7, 11) is 0. The first-order chi connectivity index (χ1) is 15.9. The first-order valence-corrected chi connectivity index (χ1v) is 10.2. The van der Waals surface area contributed by atoms with Crippen molar-refractivity contribution in [2.75, 3.05) is 18.4 Å². The molecule has 1 saturated heterocycles. The van der Waals surface area contributed by atoms with Crippen LogP contribution in [0.3, 0.4) is 0 Å². The Balaban J connectivity index is 1.33. The first kappa shape index (κ1) is 20.7. The van der Waals surface area contributed by atoms with Gasteiger partial charge in [-0.25, -0.2) is 18.7 Å². The van der Waals surface area contributed by atoms with Crippen LogP contribution in [0.2, 0.25) is 0 Å². The number of hydrogen-bond acceptors (Lipinski definition) is 6. The molecule has 0 radical (unpaired) electrons. The molecular formula is C22H18F2N6O3. The zero-order chi connectivity index (χ0) is 23.0. The summed E-state index contributed by atoms with van der Waals surface area (Å²) in [6, 6.07) is 8.30. The number of nitrogens with one attached hydrogen (secondary N) is 1. The molecule has 168 valence electrons. The maximum atomic E-state index is 13.4. The molecular weight excluding hydrogens is 434 g/mol. The highest BCUT2D eigenvalue weighted by Crippen LogP contribution is 2.29. The zero-order valence-electron chi connectivity index (χ0n) is 17.2. The maximum absolute atomic E-state index is 13.4. The summed E-state index contributed by atoms with van der Waals surface area (Å²) < 4.78 is 33.4. The fourth-order valence-electron chi connectivity index (χ4n) is 3.69. The van der Waals surface area contributed by atoms with Gasteiger partial charge in [-0.3, -0.25) is 19.5 Å². The summed E-state index contributed by atoms with van der Waals surface area (Å²) in [4.78, 5) is 35.0. The van der Waals surface area contributed by atoms with Gasteiger partial charge >= 0.3 is 0 Å². The number of piperidine rings is 1. The Kier molecular flexibility index (Phi) is 5.08. The second kappa shape index (κ2) is 8.08. The van der Waals surface area contributed by atoms with Gasteiger partial charge in [0.1, 0.15) is 11.3 Å². The number of pyridine rings is 2. The molecule has 5 rings (SSSR count). The van der Waals surface area contributed by atoms with Gasteiger partial charge in [-0.1, -0.05) is 5.16 Å². The minimum Gasteiger partial charge on any atom is -0.338 e. The number of nitrogens with zero attached hydrogens (tertiary/aromatic N) is 5. The van der Waals surface area contributed by atoms with Crippen molar-refractivity contribution in [3.05, 3.63) is 66.4 Å². The molecule has 5 heterocycles. The summed E-state index contributed by atoms with van der Waals surface area (Å²) in [5.41, 5.74) is 1.81. The highest BCUT2D eigenvalue weighted by atomic mass is 19.3. The monoisotopic (exact) mass is 452 g/mol. The lowest BCUT2D eigenvalue weighted by Crippen LogP contribution is -2.42. The second-order valence-corrected chi connectivity index (χ2v) is 7.70. The summed E-state index contributed by atoms with van der Waals surface area (Å²) >= 11 is 0. The van der Waals surface area contributed by atoms with Gasteiger partial charge in [0.25, 0.3) is 17.7 Å². The number of likely N-dealkylation sites (tertiary alicyclic amines) is 1. The van der Waals surface area contributed by atoms with Gasteiger partial charge in [-0.2, -0.15) is 0 Å². The summed E-state index contributed by atoms with van der Waals surface area (Å²) in [6.07, 6.45) is 5.51. The van der Waals surface area contributed by atoms with Gasteiger partial charge in [-0.15, -0.1) is 0 Å². The topological polar surface area (TPSA) is 106 Å². The number of amides is 2. The smallest absolute Gasteiger partial charge is 0.276 e. The minimum absolute atomic E-state index is 0.0207. The average Bonchev–Trinajstić information content (AvgIpc) is 3.48. The molecule has 4 aromatic heterocycles. The molecule has 1 aliphatic rings. The number of carbonyl (C=O) groups excluding carboxylic acids is 2. The van der Waals surface area contributed by atoms with E-state index in [1.165, 1.54) is 29.6 Å². The van der Waals surface area contributed by atoms with Crippen LogP contribution >= 0.6 is 0 Å². The van der Waals surface area contributed by atoms with E-state index in [1.807, 2.05) is 0 Å². The Morgan fingerprint density at radius 2 is 1.88 bits per heavy atom. The Labute approximate surface area is 186 Å². The SMILES string of the molecule is O=C(Nc1ccno1)c1ccc(-n2ccc3cc(C(=O)N4CCC(F)(F)CC4)cnc32)cn1. The number of halogens is 2. The van der Waals surface area contributed by atoms with Crippen molar-refractivity contribution in [2.24, 2.45) is 0 Å². The number of fused-ring (bicyclic) bond motifs is 1. The highest BCUT2D eigenvalue weighted by Gasteiger charge is 2.35. The first-order valence-electron chi connectivity index (χ1n) is 10.2. The van der Waals surface area contributed by atoms with E-state index in [-0.39, 0.29) is 43.4 Å². The molecule has 0 bridgehead atoms. The van der Waals surface area contributed by atoms with Gasteiger partial charge in [-0.05, 0) is 24.3 Å². The predicted molar refractivity (Wildman–Crippen MR) is 113 cm³/mol. The lowest BCUT2D eigenvalue weighted by molar-refractivity contribution is -0.0494. The van der Waals surface area contributed by atoms with E-state index in [9.17, 15) is 18.4 Å². The number of aromatic nitrogens is 4. The van der Waals surface area contributed by atoms with E-state index in [4.69, 9.17) is 4.52 Å². The molecule has 1 N–H and O–H groups in total. The number of alkyl halides is 2. The van der Waals surface area contributed by atoms with Crippen LogP contribution in [-0.2, 0) is 0 Å². The highest BCUT2D eigenvalue weighted by molar-refractivity contribution is 6.02. The van der Waals surface area contributed by atoms with Gasteiger partial charge in [0.15, 0.2) is 0 Å². The molecule has 33 heavy (non-hydrogen) atoms. The van der Waals surface area contributed by atoms with Crippen molar-refractivity contribution >= 4 is 28.7 Å². The van der Waals surface area contributed by atoms with Crippen LogP contribution in [-0.4, -0.2) is 55.4 Å². The third-order valence-corrected chi connectivity index (χ3v) is 5.49. The number of carbonyl (C=O) groups is 2. The number of anilines is 1. The molecule has 0 aliphatic carbocycles. The van der Waals surface area contributed by atoms with E-state index >= 15 is 0 Å². The summed E-state index contributed by atoms with van der Waals surface area (Å²) in [5.74, 6) is -3.24. The zero-order valence-corrected chi connectivity index (χ0v) is 17.2. The van der Waals surface area contributed by atoms with Crippen molar-refractivity contribution in [1.29, 1.82) is 0 Å². The molecule has 9 nitrogen and oxygen atoms in total. The van der Waals surface area contributed by atoms with Crippen LogP contribution < -0.4 is 5.32 Å². The minimum atomic E-state index is -2.71. The van der Waals surface area contributed by atoms with Crippen molar-refractivity contribution in [1.82, 2.24) is 24.6 Å². The molecule has 0 saturated carbocycles. The van der Waals surface area contributed by atoms with E-state index in [0.29, 0.717) is 16.9 Å². The lowest BCUT2D eigenvalue weighted by atomic mass is 10.1. The largest absolute Gasteiger partial charge is 0.338 e. The molecule has 11 heteroatoms. The van der Waals surface area contributed by atoms with E-state index in [0.717, 1.165) is 5.39 Å². The van der Waals surface area contributed by atoms with E-state index in [2.05, 4.69) is 20.4 Å². The van der Waals surface area contributed by atoms with Crippen molar-refractivity contribution in [3.8, 4) is 5.69 Å². The average molecular weight is 452 g/mol. The Morgan fingerprint density at radius 1 is 1.06 bits per heavy atom. The molecule has 0 spiro atoms. The third kappa shape index (κ3) is 4.16. The van der Waals surface area contributed by atoms with E-state index in [1.54, 1.807) is 35.0 Å². The van der Waals surface area contributed by atoms with Crippen LogP contribution in [0.1, 0.15) is 33.7 Å². The molecule has 1 fully saturated rings. The van der Waals surface area contributed by atoms with Crippen molar-refractivity contribution < 1.29 is 22.9 Å². The Morgan fingerprint density at radius 3 is 2.58 bits per heavy atom. The van der Waals surface area contributed by atoms with Gasteiger partial charge in [0.2, 0.25) is 5.88 Å². The lowest BCUT2D eigenvalue weighted by Gasteiger charge is -2.31. The van der Waals surface area contributed by atoms with Crippen LogP contribution in [0.5, 0.6) is 0 Å². The molecule has 1 aliphatic heterocycles. The van der Waals surface area contributed by atoms with Crippen LogP contribution in [0.25, 0.3) is 16.7 Å². The fraction of sp³-hybridized carbons (Fsp3) is 0.227. The quantitative estimate of drug-likeness (QED) is 0.508. The van der Waals surface area contributed by atoms with Gasteiger partial charge in [0.05, 0.1) is 23.6 Å². The summed E-state index contributed by atoms with van der Waals surface area (Å²) in [6.45, 7) is 0.0415. The molecule has 0 unspecified atom stereocenters. The second-order valence-electron chi connectivity index (χ2n) is 7.70. The predicted octanol–water partition coefficient (Wildman–Crippen LogP) is 3.53. The fourth-order valence-corrected chi connectivity index (χ4v) is 3.69. The van der Waals surface area contributed by atoms with E-state index < -0.39 is 11.8 Å². The standard InChI is InChI=1S/C22H18F2N6O3/c23-22(24)5-9-29(10-6-22)21(32)15-11-14-4-8-30(19(14)26-12-15)16-1-2-17(25-13-16)20(31)28-18-3-7-27-33-18/h1-4,7-8,11-13H,5-6,9-10H2,(H,28,31). The van der Waals surface area contributed by atoms with Crippen molar-refractivity contribution in [2.45, 2.75) is 18.8 Å². The third-order valence-electron chi connectivity index (χ3n) is 5.49. The number of rotatable bonds is 4. The molecule has 2 amide bonds. The van der Waals surface area contributed by atoms with Crippen LogP contribution in [0.15, 0.2) is 59.6 Å². The van der Waals surface area contributed by atoms with Gasteiger partial charge in [0, 0.05) is 49.8 Å². The molecule has 0 atom stereocenters.